The van der Waals surface area contributed by atoms with Crippen molar-refractivity contribution in [3.05, 3.63) is 29.8 Å². The van der Waals surface area contributed by atoms with Gasteiger partial charge in [0.2, 0.25) is 0 Å². The molecule has 0 aromatic heterocycles. The maximum absolute atomic E-state index is 5.88. The predicted octanol–water partition coefficient (Wildman–Crippen LogP) is 3.13. The van der Waals surface area contributed by atoms with Gasteiger partial charge < -0.3 is 15.4 Å². The first-order valence-electron chi connectivity index (χ1n) is 7.88. The summed E-state index contributed by atoms with van der Waals surface area (Å²) in [6.45, 7) is 9.55. The monoisotopic (exact) mass is 308 g/mol. The third-order valence-electron chi connectivity index (χ3n) is 4.00. The van der Waals surface area contributed by atoms with Crippen molar-refractivity contribution in [1.82, 2.24) is 4.90 Å². The van der Waals surface area contributed by atoms with Crippen molar-refractivity contribution < 1.29 is 4.74 Å². The van der Waals surface area contributed by atoms with Gasteiger partial charge in [0.05, 0.1) is 6.61 Å². The van der Waals surface area contributed by atoms with Crippen molar-refractivity contribution in [2.75, 3.05) is 32.0 Å². The summed E-state index contributed by atoms with van der Waals surface area (Å²) in [7, 11) is 0. The highest BCUT2D eigenvalue weighted by Crippen LogP contribution is 2.30. The van der Waals surface area contributed by atoms with Crippen LogP contribution in [0.1, 0.15) is 32.3 Å². The molecule has 0 aliphatic carbocycles. The van der Waals surface area contributed by atoms with E-state index in [4.69, 9.17) is 10.5 Å². The number of thioether (sulfide) groups is 1. The molecule has 1 saturated heterocycles. The fraction of sp³-hybridized carbons (Fsp3) is 0.647. The fourth-order valence-corrected chi connectivity index (χ4v) is 3.71. The molecule has 0 spiro atoms. The molecule has 0 saturated carbocycles. The second kappa shape index (κ2) is 8.06. The normalized spacial score (nSPS) is 19.2. The van der Waals surface area contributed by atoms with Crippen LogP contribution in [-0.4, -0.2) is 41.6 Å². The molecule has 1 aliphatic rings. The summed E-state index contributed by atoms with van der Waals surface area (Å²) in [5, 5.41) is 0. The first-order valence-corrected chi connectivity index (χ1v) is 8.86. The molecule has 2 rings (SSSR count). The summed E-state index contributed by atoms with van der Waals surface area (Å²) in [5.41, 5.74) is 6.81. The lowest BCUT2D eigenvalue weighted by Gasteiger charge is -2.22. The molecule has 1 aromatic carbocycles. The standard InChI is InChI=1S/C17H28N2OS/c1-17(2)8-10-19(11-13-21-17)9-5-12-20-16-7-4-3-6-15(16)14-18/h3-4,6-7H,5,8-14,18H2,1-2H3. The van der Waals surface area contributed by atoms with Crippen LogP contribution in [-0.2, 0) is 6.54 Å². The number of para-hydroxylation sites is 1. The number of hydrogen-bond donors (Lipinski definition) is 1. The van der Waals surface area contributed by atoms with Crippen LogP contribution in [0.2, 0.25) is 0 Å². The van der Waals surface area contributed by atoms with Crippen molar-refractivity contribution in [2.45, 2.75) is 38.0 Å². The third kappa shape index (κ3) is 5.53. The molecule has 3 nitrogen and oxygen atoms in total. The molecule has 0 bridgehead atoms. The molecule has 0 atom stereocenters. The van der Waals surface area contributed by atoms with E-state index in [2.05, 4.69) is 30.5 Å². The zero-order valence-electron chi connectivity index (χ0n) is 13.3. The molecule has 1 aromatic rings. The topological polar surface area (TPSA) is 38.5 Å². The van der Waals surface area contributed by atoms with Crippen LogP contribution >= 0.6 is 11.8 Å². The molecule has 0 amide bonds. The lowest BCUT2D eigenvalue weighted by molar-refractivity contribution is 0.239. The zero-order valence-corrected chi connectivity index (χ0v) is 14.1. The Hall–Kier alpha value is -0.710. The third-order valence-corrected chi connectivity index (χ3v) is 5.37. The molecule has 1 fully saturated rings. The highest BCUT2D eigenvalue weighted by Gasteiger charge is 2.23. The van der Waals surface area contributed by atoms with Gasteiger partial charge in [0.25, 0.3) is 0 Å². The van der Waals surface area contributed by atoms with Gasteiger partial charge in [0, 0.05) is 35.7 Å². The first-order chi connectivity index (χ1) is 10.1. The van der Waals surface area contributed by atoms with Crippen LogP contribution in [0.25, 0.3) is 0 Å². The SMILES string of the molecule is CC1(C)CCN(CCCOc2ccccc2CN)CCS1. The number of nitrogens with zero attached hydrogens (tertiary/aromatic N) is 1. The Labute approximate surface area is 133 Å². The van der Waals surface area contributed by atoms with Crippen molar-refractivity contribution >= 4 is 11.8 Å². The summed E-state index contributed by atoms with van der Waals surface area (Å²) >= 11 is 2.10. The Morgan fingerprint density at radius 3 is 2.90 bits per heavy atom. The van der Waals surface area contributed by atoms with Crippen LogP contribution in [0.4, 0.5) is 0 Å². The Balaban J connectivity index is 1.70. The van der Waals surface area contributed by atoms with Crippen molar-refractivity contribution in [1.29, 1.82) is 0 Å². The predicted molar refractivity (Wildman–Crippen MR) is 92.0 cm³/mol. The minimum atomic E-state index is 0.436. The van der Waals surface area contributed by atoms with Crippen molar-refractivity contribution in [3.8, 4) is 5.75 Å². The van der Waals surface area contributed by atoms with Crippen molar-refractivity contribution in [3.63, 3.8) is 0 Å². The summed E-state index contributed by atoms with van der Waals surface area (Å²) < 4.78 is 6.32. The van der Waals surface area contributed by atoms with Gasteiger partial charge in [-0.15, -0.1) is 0 Å². The van der Waals surface area contributed by atoms with Gasteiger partial charge in [-0.2, -0.15) is 11.8 Å². The summed E-state index contributed by atoms with van der Waals surface area (Å²) in [4.78, 5) is 2.57. The lowest BCUT2D eigenvalue weighted by Crippen LogP contribution is -2.29. The van der Waals surface area contributed by atoms with Crippen LogP contribution in [0.5, 0.6) is 5.75 Å². The average Bonchev–Trinajstić information content (AvgIpc) is 2.65. The quantitative estimate of drug-likeness (QED) is 0.820. The van der Waals surface area contributed by atoms with E-state index >= 15 is 0 Å². The smallest absolute Gasteiger partial charge is 0.123 e. The Bertz CT molecular complexity index is 437. The molecular formula is C17H28N2OS. The van der Waals surface area contributed by atoms with E-state index in [-0.39, 0.29) is 0 Å². The molecule has 118 valence electrons. The minimum absolute atomic E-state index is 0.436. The Kier molecular flexibility index (Phi) is 6.40. The highest BCUT2D eigenvalue weighted by atomic mass is 32.2. The highest BCUT2D eigenvalue weighted by molar-refractivity contribution is 8.00. The van der Waals surface area contributed by atoms with E-state index in [0.717, 1.165) is 30.9 Å². The Morgan fingerprint density at radius 2 is 2.10 bits per heavy atom. The maximum atomic E-state index is 5.88. The van der Waals surface area contributed by atoms with Gasteiger partial charge in [-0.3, -0.25) is 0 Å². The van der Waals surface area contributed by atoms with Crippen LogP contribution < -0.4 is 10.5 Å². The molecule has 21 heavy (non-hydrogen) atoms. The van der Waals surface area contributed by atoms with Gasteiger partial charge in [0.1, 0.15) is 5.75 Å². The fourth-order valence-electron chi connectivity index (χ4n) is 2.57. The van der Waals surface area contributed by atoms with Crippen LogP contribution in [0.3, 0.4) is 0 Å². The molecular weight excluding hydrogens is 280 g/mol. The van der Waals surface area contributed by atoms with E-state index in [9.17, 15) is 0 Å². The van der Waals surface area contributed by atoms with E-state index < -0.39 is 0 Å². The molecule has 2 N–H and O–H groups in total. The number of hydrogen-bond acceptors (Lipinski definition) is 4. The molecule has 0 unspecified atom stereocenters. The van der Waals surface area contributed by atoms with Gasteiger partial charge in [-0.25, -0.2) is 0 Å². The molecule has 4 heteroatoms. The maximum Gasteiger partial charge on any atom is 0.123 e. The zero-order chi connectivity index (χ0) is 15.1. The summed E-state index contributed by atoms with van der Waals surface area (Å²) in [6.07, 6.45) is 2.35. The summed E-state index contributed by atoms with van der Waals surface area (Å²) in [5.74, 6) is 2.18. The van der Waals surface area contributed by atoms with E-state index in [1.54, 1.807) is 0 Å². The largest absolute Gasteiger partial charge is 0.493 e. The molecule has 1 aliphatic heterocycles. The number of rotatable bonds is 6. The van der Waals surface area contributed by atoms with Gasteiger partial charge in [0.15, 0.2) is 0 Å². The molecule has 0 radical (unpaired) electrons. The number of nitrogens with two attached hydrogens (primary N) is 1. The minimum Gasteiger partial charge on any atom is -0.493 e. The van der Waals surface area contributed by atoms with Crippen molar-refractivity contribution in [2.24, 2.45) is 5.73 Å². The van der Waals surface area contributed by atoms with Gasteiger partial charge >= 0.3 is 0 Å². The first kappa shape index (κ1) is 16.7. The number of ether oxygens (including phenoxy) is 1. The lowest BCUT2D eigenvalue weighted by atomic mass is 10.1. The Morgan fingerprint density at radius 1 is 1.29 bits per heavy atom. The van der Waals surface area contributed by atoms with E-state index in [0.29, 0.717) is 11.3 Å². The molecule has 1 heterocycles. The second-order valence-corrected chi connectivity index (χ2v) is 8.02. The summed E-state index contributed by atoms with van der Waals surface area (Å²) in [6, 6.07) is 8.05. The average molecular weight is 308 g/mol. The number of benzene rings is 1. The van der Waals surface area contributed by atoms with Gasteiger partial charge in [-0.1, -0.05) is 32.0 Å². The van der Waals surface area contributed by atoms with Gasteiger partial charge in [-0.05, 0) is 25.5 Å². The van der Waals surface area contributed by atoms with Crippen LogP contribution in [0.15, 0.2) is 24.3 Å². The van der Waals surface area contributed by atoms with E-state index in [1.165, 1.54) is 25.3 Å². The second-order valence-electron chi connectivity index (χ2n) is 6.21. The van der Waals surface area contributed by atoms with Crippen LogP contribution in [0, 0.1) is 0 Å². The van der Waals surface area contributed by atoms with E-state index in [1.807, 2.05) is 24.3 Å².